The molecule has 8 heteroatoms. The first-order valence-electron chi connectivity index (χ1n) is 8.77. The smallest absolute Gasteiger partial charge is 0.324 e. The number of ketones is 1. The Morgan fingerprint density at radius 3 is 2.18 bits per heavy atom. The number of nitrogens with zero attached hydrogens (tertiary/aromatic N) is 1. The molecule has 1 N–H and O–H groups in total. The Balaban J connectivity index is 1.60. The number of benzene rings is 2. The van der Waals surface area contributed by atoms with Crippen LogP contribution < -0.4 is 5.32 Å². The molecule has 28 heavy (non-hydrogen) atoms. The largest absolute Gasteiger partial charge is 0.418 e. The summed E-state index contributed by atoms with van der Waals surface area (Å²) in [5, 5.41) is 2.31. The second kappa shape index (κ2) is 8.00. The van der Waals surface area contributed by atoms with Crippen molar-refractivity contribution in [2.45, 2.75) is 19.0 Å². The first-order chi connectivity index (χ1) is 13.3. The molecule has 0 unspecified atom stereocenters. The van der Waals surface area contributed by atoms with Gasteiger partial charge in [-0.1, -0.05) is 12.1 Å². The first kappa shape index (κ1) is 19.9. The number of anilines is 1. The Kier molecular flexibility index (Phi) is 5.67. The molecular weight excluding hydrogens is 376 g/mol. The normalized spacial score (nSPS) is 15.4. The van der Waals surface area contributed by atoms with Crippen molar-refractivity contribution in [3.8, 4) is 0 Å². The van der Waals surface area contributed by atoms with Gasteiger partial charge in [-0.25, -0.2) is 9.18 Å². The van der Waals surface area contributed by atoms with E-state index in [9.17, 15) is 27.2 Å². The number of nitrogens with one attached hydrogen (secondary N) is 1. The van der Waals surface area contributed by atoms with Gasteiger partial charge in [-0.3, -0.25) is 4.79 Å². The third-order valence-corrected chi connectivity index (χ3v) is 4.76. The number of likely N-dealkylation sites (tertiary alicyclic amines) is 1. The zero-order valence-corrected chi connectivity index (χ0v) is 14.8. The second-order valence-corrected chi connectivity index (χ2v) is 6.61. The maximum Gasteiger partial charge on any atom is 0.418 e. The quantitative estimate of drug-likeness (QED) is 0.590. The summed E-state index contributed by atoms with van der Waals surface area (Å²) in [7, 11) is 0. The molecule has 1 saturated heterocycles. The predicted octanol–water partition coefficient (Wildman–Crippen LogP) is 4.97. The molecule has 2 aromatic rings. The van der Waals surface area contributed by atoms with Crippen LogP contribution in [0.25, 0.3) is 0 Å². The van der Waals surface area contributed by atoms with Crippen LogP contribution in [0.1, 0.15) is 28.8 Å². The third-order valence-electron chi connectivity index (χ3n) is 4.76. The van der Waals surface area contributed by atoms with E-state index in [0.717, 1.165) is 6.07 Å². The van der Waals surface area contributed by atoms with Gasteiger partial charge in [0.05, 0.1) is 11.3 Å². The van der Waals surface area contributed by atoms with Crippen LogP contribution in [0.15, 0.2) is 48.5 Å². The van der Waals surface area contributed by atoms with Crippen molar-refractivity contribution >= 4 is 17.5 Å². The van der Waals surface area contributed by atoms with Gasteiger partial charge in [0.2, 0.25) is 0 Å². The Morgan fingerprint density at radius 1 is 0.964 bits per heavy atom. The summed E-state index contributed by atoms with van der Waals surface area (Å²) in [4.78, 5) is 26.2. The van der Waals surface area contributed by atoms with Gasteiger partial charge in [-0.2, -0.15) is 13.2 Å². The van der Waals surface area contributed by atoms with Gasteiger partial charge < -0.3 is 10.2 Å². The highest BCUT2D eigenvalue weighted by atomic mass is 19.4. The van der Waals surface area contributed by atoms with Crippen molar-refractivity contribution < 1.29 is 27.2 Å². The van der Waals surface area contributed by atoms with E-state index < -0.39 is 23.6 Å². The highest BCUT2D eigenvalue weighted by Crippen LogP contribution is 2.34. The van der Waals surface area contributed by atoms with E-state index in [0.29, 0.717) is 18.4 Å². The van der Waals surface area contributed by atoms with E-state index in [1.54, 1.807) is 0 Å². The van der Waals surface area contributed by atoms with Crippen LogP contribution in [-0.4, -0.2) is 29.8 Å². The number of piperidine rings is 1. The Hall–Kier alpha value is -2.90. The fourth-order valence-electron chi connectivity index (χ4n) is 3.23. The van der Waals surface area contributed by atoms with E-state index in [1.807, 2.05) is 0 Å². The number of rotatable bonds is 3. The van der Waals surface area contributed by atoms with Crippen LogP contribution in [0, 0.1) is 11.7 Å². The number of amides is 2. The lowest BCUT2D eigenvalue weighted by Crippen LogP contribution is -2.42. The lowest BCUT2D eigenvalue weighted by molar-refractivity contribution is -0.136. The number of hydrogen-bond donors (Lipinski definition) is 1. The van der Waals surface area contributed by atoms with E-state index in [-0.39, 0.29) is 30.5 Å². The lowest BCUT2D eigenvalue weighted by Gasteiger charge is -2.31. The maximum atomic E-state index is 13.0. The summed E-state index contributed by atoms with van der Waals surface area (Å²) >= 11 is 0. The van der Waals surface area contributed by atoms with Crippen molar-refractivity contribution in [1.29, 1.82) is 0 Å². The van der Waals surface area contributed by atoms with Crippen molar-refractivity contribution in [3.63, 3.8) is 0 Å². The van der Waals surface area contributed by atoms with Crippen molar-refractivity contribution in [2.24, 2.45) is 5.92 Å². The summed E-state index contributed by atoms with van der Waals surface area (Å²) in [6, 6.07) is 9.42. The van der Waals surface area contributed by atoms with Crippen molar-refractivity contribution in [2.75, 3.05) is 18.4 Å². The number of carbonyl (C=O) groups excluding carboxylic acids is 2. The van der Waals surface area contributed by atoms with Gasteiger partial charge in [0, 0.05) is 24.6 Å². The molecule has 1 aliphatic heterocycles. The minimum absolute atomic E-state index is 0.123. The molecule has 0 aromatic heterocycles. The molecule has 0 aliphatic carbocycles. The Labute approximate surface area is 159 Å². The Morgan fingerprint density at radius 2 is 1.57 bits per heavy atom. The van der Waals surface area contributed by atoms with E-state index in [2.05, 4.69) is 5.32 Å². The van der Waals surface area contributed by atoms with Gasteiger partial charge in [0.1, 0.15) is 5.82 Å². The number of para-hydroxylation sites is 1. The SMILES string of the molecule is O=C(c1ccc(F)cc1)C1CCN(C(=O)Nc2ccccc2C(F)(F)F)CC1. The molecule has 0 saturated carbocycles. The summed E-state index contributed by atoms with van der Waals surface area (Å²) in [6.45, 7) is 0.495. The third kappa shape index (κ3) is 4.49. The minimum atomic E-state index is -4.57. The Bertz CT molecular complexity index is 857. The molecule has 1 heterocycles. The summed E-state index contributed by atoms with van der Waals surface area (Å²) in [5.41, 5.74) is -0.808. The number of carbonyl (C=O) groups is 2. The molecule has 1 aliphatic rings. The van der Waals surface area contributed by atoms with Crippen LogP contribution in [0.3, 0.4) is 0 Å². The molecule has 2 amide bonds. The van der Waals surface area contributed by atoms with Crippen molar-refractivity contribution in [1.82, 2.24) is 4.90 Å². The molecule has 4 nitrogen and oxygen atoms in total. The topological polar surface area (TPSA) is 49.4 Å². The summed E-state index contributed by atoms with van der Waals surface area (Å²) in [5.74, 6) is -0.860. The lowest BCUT2D eigenvalue weighted by atomic mass is 9.89. The van der Waals surface area contributed by atoms with E-state index in [1.165, 1.54) is 47.4 Å². The molecule has 0 radical (unpaired) electrons. The van der Waals surface area contributed by atoms with E-state index >= 15 is 0 Å². The van der Waals surface area contributed by atoms with Crippen LogP contribution in [0.2, 0.25) is 0 Å². The minimum Gasteiger partial charge on any atom is -0.324 e. The molecule has 0 atom stereocenters. The van der Waals surface area contributed by atoms with Crippen LogP contribution in [0.5, 0.6) is 0 Å². The number of Topliss-reactive ketones (excluding diaryl/α,β-unsaturated/α-hetero) is 1. The first-order valence-corrected chi connectivity index (χ1v) is 8.77. The van der Waals surface area contributed by atoms with E-state index in [4.69, 9.17) is 0 Å². The van der Waals surface area contributed by atoms with Gasteiger partial charge >= 0.3 is 12.2 Å². The fraction of sp³-hybridized carbons (Fsp3) is 0.300. The van der Waals surface area contributed by atoms with Crippen LogP contribution in [-0.2, 0) is 6.18 Å². The molecule has 3 rings (SSSR count). The highest BCUT2D eigenvalue weighted by molar-refractivity contribution is 5.98. The number of urea groups is 1. The molecule has 1 fully saturated rings. The van der Waals surface area contributed by atoms with Gasteiger partial charge in [0.15, 0.2) is 5.78 Å². The summed E-state index contributed by atoms with van der Waals surface area (Å²) in [6.07, 6.45) is -3.78. The molecule has 0 bridgehead atoms. The predicted molar refractivity (Wildman–Crippen MR) is 95.5 cm³/mol. The fourth-order valence-corrected chi connectivity index (χ4v) is 3.23. The maximum absolute atomic E-state index is 13.0. The van der Waals surface area contributed by atoms with Gasteiger partial charge in [-0.05, 0) is 49.2 Å². The number of halogens is 4. The van der Waals surface area contributed by atoms with Crippen LogP contribution >= 0.6 is 0 Å². The van der Waals surface area contributed by atoms with Gasteiger partial charge in [0.25, 0.3) is 0 Å². The highest BCUT2D eigenvalue weighted by Gasteiger charge is 2.34. The molecule has 2 aromatic carbocycles. The zero-order chi connectivity index (χ0) is 20.3. The number of alkyl halides is 3. The summed E-state index contributed by atoms with van der Waals surface area (Å²) < 4.78 is 52.1. The van der Waals surface area contributed by atoms with Crippen LogP contribution in [0.4, 0.5) is 28.0 Å². The average Bonchev–Trinajstić information content (AvgIpc) is 2.68. The molecule has 0 spiro atoms. The van der Waals surface area contributed by atoms with Gasteiger partial charge in [-0.15, -0.1) is 0 Å². The second-order valence-electron chi connectivity index (χ2n) is 6.61. The zero-order valence-electron chi connectivity index (χ0n) is 14.8. The average molecular weight is 394 g/mol. The van der Waals surface area contributed by atoms with Crippen molar-refractivity contribution in [3.05, 3.63) is 65.5 Å². The standard InChI is InChI=1S/C20H18F4N2O2/c21-15-7-5-13(6-8-15)18(27)14-9-11-26(12-10-14)19(28)25-17-4-2-1-3-16(17)20(22,23)24/h1-8,14H,9-12H2,(H,25,28). The monoisotopic (exact) mass is 394 g/mol. The molecular formula is C20H18F4N2O2. The molecule has 148 valence electrons. The number of hydrogen-bond acceptors (Lipinski definition) is 2.